The Bertz CT molecular complexity index is 595. The molecule has 0 atom stereocenters. The van der Waals surface area contributed by atoms with E-state index in [9.17, 15) is 0 Å². The number of nitrogens with one attached hydrogen (secondary N) is 1. The normalized spacial score (nSPS) is 11.0. The minimum Gasteiger partial charge on any atom is -0.345 e. The van der Waals surface area contributed by atoms with Crippen LogP contribution in [-0.4, -0.2) is 4.98 Å². The Labute approximate surface area is 96.3 Å². The van der Waals surface area contributed by atoms with Crippen molar-refractivity contribution in [2.45, 2.75) is 0 Å². The molecule has 0 aliphatic carbocycles. The first-order chi connectivity index (χ1) is 7.36. The highest BCUT2D eigenvalue weighted by atomic mass is 35.5. The van der Waals surface area contributed by atoms with Gasteiger partial charge < -0.3 is 4.98 Å². The number of aromatic nitrogens is 1. The van der Waals surface area contributed by atoms with Crippen molar-refractivity contribution in [1.29, 1.82) is 0 Å². The van der Waals surface area contributed by atoms with E-state index in [1.807, 2.05) is 24.3 Å². The molecule has 3 heteroatoms. The van der Waals surface area contributed by atoms with Gasteiger partial charge in [-0.2, -0.15) is 0 Å². The monoisotopic (exact) mass is 233 g/mol. The molecule has 0 saturated heterocycles. The topological polar surface area (TPSA) is 15.8 Å². The van der Waals surface area contributed by atoms with E-state index in [1.165, 1.54) is 10.3 Å². The second kappa shape index (κ2) is 3.40. The van der Waals surface area contributed by atoms with E-state index in [4.69, 9.17) is 11.6 Å². The lowest BCUT2D eigenvalue weighted by molar-refractivity contribution is 1.48. The van der Waals surface area contributed by atoms with Gasteiger partial charge in [0.05, 0.1) is 0 Å². The van der Waals surface area contributed by atoms with Crippen molar-refractivity contribution < 1.29 is 0 Å². The summed E-state index contributed by atoms with van der Waals surface area (Å²) in [5.41, 5.74) is 2.20. The molecule has 3 aromatic rings. The molecular formula is C12H8ClNS. The third-order valence-electron chi connectivity index (χ3n) is 2.43. The van der Waals surface area contributed by atoms with E-state index in [1.54, 1.807) is 11.3 Å². The fraction of sp³-hybridized carbons (Fsp3) is 0. The van der Waals surface area contributed by atoms with E-state index in [0.717, 1.165) is 16.2 Å². The molecule has 0 bridgehead atoms. The van der Waals surface area contributed by atoms with Crippen LogP contribution in [0.15, 0.2) is 41.8 Å². The van der Waals surface area contributed by atoms with Crippen LogP contribution in [0.4, 0.5) is 0 Å². The average Bonchev–Trinajstić information content (AvgIpc) is 2.82. The molecule has 0 saturated carbocycles. The van der Waals surface area contributed by atoms with Gasteiger partial charge in [-0.25, -0.2) is 0 Å². The lowest BCUT2D eigenvalue weighted by Gasteiger charge is -1.94. The van der Waals surface area contributed by atoms with Gasteiger partial charge >= 0.3 is 0 Å². The SMILES string of the molecule is Clc1[nH]c2ccccc2c1-c1cccs1. The Hall–Kier alpha value is -1.25. The third kappa shape index (κ3) is 1.37. The van der Waals surface area contributed by atoms with Crippen molar-refractivity contribution in [3.05, 3.63) is 46.9 Å². The zero-order valence-corrected chi connectivity index (χ0v) is 9.40. The van der Waals surface area contributed by atoms with E-state index in [-0.39, 0.29) is 0 Å². The Kier molecular flexibility index (Phi) is 2.04. The summed E-state index contributed by atoms with van der Waals surface area (Å²) in [5.74, 6) is 0. The minimum absolute atomic E-state index is 0.721. The molecule has 0 aliphatic rings. The van der Waals surface area contributed by atoms with Crippen molar-refractivity contribution in [2.24, 2.45) is 0 Å². The number of fused-ring (bicyclic) bond motifs is 1. The van der Waals surface area contributed by atoms with Gasteiger partial charge in [0.25, 0.3) is 0 Å². The van der Waals surface area contributed by atoms with Crippen LogP contribution in [0.25, 0.3) is 21.3 Å². The summed E-state index contributed by atoms with van der Waals surface area (Å²) < 4.78 is 0. The van der Waals surface area contributed by atoms with E-state index < -0.39 is 0 Å². The largest absolute Gasteiger partial charge is 0.345 e. The number of hydrogen-bond acceptors (Lipinski definition) is 1. The predicted molar refractivity (Wildman–Crippen MR) is 66.6 cm³/mol. The van der Waals surface area contributed by atoms with Crippen LogP contribution in [0.5, 0.6) is 0 Å². The molecule has 0 spiro atoms. The van der Waals surface area contributed by atoms with Crippen LogP contribution in [0.1, 0.15) is 0 Å². The fourth-order valence-electron chi connectivity index (χ4n) is 1.77. The van der Waals surface area contributed by atoms with Gasteiger partial charge in [0.15, 0.2) is 0 Å². The number of benzene rings is 1. The van der Waals surface area contributed by atoms with Crippen molar-refractivity contribution in [3.63, 3.8) is 0 Å². The molecule has 0 fully saturated rings. The maximum atomic E-state index is 6.21. The molecule has 0 unspecified atom stereocenters. The average molecular weight is 234 g/mol. The van der Waals surface area contributed by atoms with Crippen LogP contribution < -0.4 is 0 Å². The molecule has 1 nitrogen and oxygen atoms in total. The Balaban J connectivity index is 2.39. The number of H-pyrrole nitrogens is 1. The fourth-order valence-corrected chi connectivity index (χ4v) is 2.92. The summed E-state index contributed by atoms with van der Waals surface area (Å²) in [6, 6.07) is 12.3. The number of aromatic amines is 1. The minimum atomic E-state index is 0.721. The molecular weight excluding hydrogens is 226 g/mol. The lowest BCUT2D eigenvalue weighted by Crippen LogP contribution is -1.69. The first kappa shape index (κ1) is 9.01. The van der Waals surface area contributed by atoms with Crippen LogP contribution in [-0.2, 0) is 0 Å². The summed E-state index contributed by atoms with van der Waals surface area (Å²) in [7, 11) is 0. The van der Waals surface area contributed by atoms with Gasteiger partial charge in [-0.15, -0.1) is 11.3 Å². The summed E-state index contributed by atoms with van der Waals surface area (Å²) in [6.07, 6.45) is 0. The Morgan fingerprint density at radius 3 is 2.73 bits per heavy atom. The highest BCUT2D eigenvalue weighted by Gasteiger charge is 2.11. The highest BCUT2D eigenvalue weighted by molar-refractivity contribution is 7.13. The molecule has 2 aromatic heterocycles. The Morgan fingerprint density at radius 1 is 1.07 bits per heavy atom. The second-order valence-electron chi connectivity index (χ2n) is 3.34. The molecule has 1 aromatic carbocycles. The molecule has 0 amide bonds. The van der Waals surface area contributed by atoms with Crippen LogP contribution in [0.3, 0.4) is 0 Å². The molecule has 74 valence electrons. The lowest BCUT2D eigenvalue weighted by atomic mass is 10.1. The quantitative estimate of drug-likeness (QED) is 0.635. The summed E-state index contributed by atoms with van der Waals surface area (Å²) in [4.78, 5) is 4.39. The number of para-hydroxylation sites is 1. The summed E-state index contributed by atoms with van der Waals surface area (Å²) in [5, 5.41) is 3.97. The zero-order valence-electron chi connectivity index (χ0n) is 7.83. The standard InChI is InChI=1S/C12H8ClNS/c13-12-11(10-6-3-7-15-10)8-4-1-2-5-9(8)14-12/h1-7,14H. The third-order valence-corrected chi connectivity index (χ3v) is 3.60. The summed E-state index contributed by atoms with van der Waals surface area (Å²) >= 11 is 7.92. The molecule has 2 heterocycles. The van der Waals surface area contributed by atoms with Gasteiger partial charge in [-0.3, -0.25) is 0 Å². The molecule has 0 radical (unpaired) electrons. The number of halogens is 1. The molecule has 1 N–H and O–H groups in total. The van der Waals surface area contributed by atoms with Crippen LogP contribution >= 0.6 is 22.9 Å². The first-order valence-corrected chi connectivity index (χ1v) is 5.92. The van der Waals surface area contributed by atoms with Gasteiger partial charge in [0.1, 0.15) is 5.15 Å². The number of hydrogen-bond donors (Lipinski definition) is 1. The molecule has 3 rings (SSSR count). The van der Waals surface area contributed by atoms with Gasteiger partial charge in [0, 0.05) is 21.3 Å². The Morgan fingerprint density at radius 2 is 1.93 bits per heavy atom. The summed E-state index contributed by atoms with van der Waals surface area (Å²) in [6.45, 7) is 0. The molecule has 15 heavy (non-hydrogen) atoms. The van der Waals surface area contributed by atoms with E-state index in [2.05, 4.69) is 22.5 Å². The van der Waals surface area contributed by atoms with Gasteiger partial charge in [-0.05, 0) is 17.5 Å². The van der Waals surface area contributed by atoms with Crippen molar-refractivity contribution in [2.75, 3.05) is 0 Å². The smallest absolute Gasteiger partial charge is 0.116 e. The van der Waals surface area contributed by atoms with Crippen molar-refractivity contribution >= 4 is 33.8 Å². The number of rotatable bonds is 1. The van der Waals surface area contributed by atoms with Gasteiger partial charge in [0.2, 0.25) is 0 Å². The van der Waals surface area contributed by atoms with Gasteiger partial charge in [-0.1, -0.05) is 35.9 Å². The highest BCUT2D eigenvalue weighted by Crippen LogP contribution is 2.37. The van der Waals surface area contributed by atoms with E-state index in [0.29, 0.717) is 0 Å². The maximum absolute atomic E-state index is 6.21. The number of thiophene rings is 1. The molecule has 0 aliphatic heterocycles. The van der Waals surface area contributed by atoms with Crippen molar-refractivity contribution in [3.8, 4) is 10.4 Å². The van der Waals surface area contributed by atoms with E-state index >= 15 is 0 Å². The first-order valence-electron chi connectivity index (χ1n) is 4.66. The zero-order chi connectivity index (χ0) is 10.3. The van der Waals surface area contributed by atoms with Crippen LogP contribution in [0.2, 0.25) is 5.15 Å². The van der Waals surface area contributed by atoms with Crippen LogP contribution in [0, 0.1) is 0 Å². The second-order valence-corrected chi connectivity index (χ2v) is 4.66. The maximum Gasteiger partial charge on any atom is 0.116 e. The van der Waals surface area contributed by atoms with Crippen molar-refractivity contribution in [1.82, 2.24) is 4.98 Å². The predicted octanol–water partition coefficient (Wildman–Crippen LogP) is 4.55.